The number of benzene rings is 1. The van der Waals surface area contributed by atoms with Crippen LogP contribution in [0, 0.1) is 0 Å². The molecule has 6 nitrogen and oxygen atoms in total. The van der Waals surface area contributed by atoms with E-state index in [1.165, 1.54) is 11.3 Å². The smallest absolute Gasteiger partial charge is 0.404 e. The van der Waals surface area contributed by atoms with Crippen molar-refractivity contribution in [2.45, 2.75) is 0 Å². The van der Waals surface area contributed by atoms with E-state index in [0.29, 0.717) is 9.90 Å². The summed E-state index contributed by atoms with van der Waals surface area (Å²) in [6.07, 6.45) is -1.13. The van der Waals surface area contributed by atoms with Crippen LogP contribution >= 0.6 is 22.9 Å². The second-order valence-electron chi connectivity index (χ2n) is 4.00. The highest BCUT2D eigenvalue weighted by Gasteiger charge is 2.17. The standard InChI is InChI=1S/C13H12ClN3O3S/c14-9-4-2-1-3-8(9)11-10(17-7-21-11)12(18)15-5-6-16-13(19)20/h1-4,7,16H,5-6H2,(H,15,18)(H,19,20). The fourth-order valence-corrected chi connectivity index (χ4v) is 2.79. The molecule has 8 heteroatoms. The topological polar surface area (TPSA) is 91.3 Å². The first kappa shape index (κ1) is 15.3. The number of carbonyl (C=O) groups excluding carboxylic acids is 1. The Hall–Kier alpha value is -2.12. The van der Waals surface area contributed by atoms with Gasteiger partial charge < -0.3 is 15.7 Å². The van der Waals surface area contributed by atoms with Crippen molar-refractivity contribution in [2.75, 3.05) is 13.1 Å². The molecule has 0 radical (unpaired) electrons. The lowest BCUT2D eigenvalue weighted by molar-refractivity contribution is 0.0949. The lowest BCUT2D eigenvalue weighted by atomic mass is 10.1. The van der Waals surface area contributed by atoms with Crippen LogP contribution in [0.1, 0.15) is 10.5 Å². The quantitative estimate of drug-likeness (QED) is 0.736. The monoisotopic (exact) mass is 325 g/mol. The van der Waals surface area contributed by atoms with Gasteiger partial charge in [0.25, 0.3) is 5.91 Å². The van der Waals surface area contributed by atoms with Crippen LogP contribution in [0.3, 0.4) is 0 Å². The Kier molecular flexibility index (Phi) is 5.13. The van der Waals surface area contributed by atoms with E-state index in [0.717, 1.165) is 5.56 Å². The van der Waals surface area contributed by atoms with Gasteiger partial charge in [0.05, 0.1) is 10.4 Å². The summed E-state index contributed by atoms with van der Waals surface area (Å²) in [5.74, 6) is -0.363. The average molecular weight is 326 g/mol. The van der Waals surface area contributed by atoms with Crippen molar-refractivity contribution < 1.29 is 14.7 Å². The minimum Gasteiger partial charge on any atom is -0.465 e. The average Bonchev–Trinajstić information content (AvgIpc) is 2.93. The van der Waals surface area contributed by atoms with E-state index in [2.05, 4.69) is 15.6 Å². The van der Waals surface area contributed by atoms with E-state index in [1.807, 2.05) is 18.2 Å². The molecule has 1 heterocycles. The molecule has 0 saturated heterocycles. The number of carboxylic acid groups (broad SMARTS) is 1. The molecule has 110 valence electrons. The maximum absolute atomic E-state index is 12.1. The van der Waals surface area contributed by atoms with Crippen molar-refractivity contribution in [1.82, 2.24) is 15.6 Å². The normalized spacial score (nSPS) is 10.1. The first-order valence-electron chi connectivity index (χ1n) is 6.03. The predicted molar refractivity (Wildman–Crippen MR) is 80.9 cm³/mol. The molecule has 21 heavy (non-hydrogen) atoms. The highest BCUT2D eigenvalue weighted by molar-refractivity contribution is 7.13. The van der Waals surface area contributed by atoms with Crippen molar-refractivity contribution in [3.63, 3.8) is 0 Å². The number of rotatable bonds is 5. The van der Waals surface area contributed by atoms with E-state index in [-0.39, 0.29) is 24.7 Å². The third-order valence-electron chi connectivity index (χ3n) is 2.59. The Morgan fingerprint density at radius 3 is 2.67 bits per heavy atom. The summed E-state index contributed by atoms with van der Waals surface area (Å²) in [4.78, 5) is 27.1. The van der Waals surface area contributed by atoms with Gasteiger partial charge in [-0.1, -0.05) is 29.8 Å². The summed E-state index contributed by atoms with van der Waals surface area (Å²) in [5.41, 5.74) is 2.60. The Balaban J connectivity index is 2.08. The van der Waals surface area contributed by atoms with Crippen LogP contribution in [-0.2, 0) is 0 Å². The van der Waals surface area contributed by atoms with Gasteiger partial charge in [0, 0.05) is 23.7 Å². The van der Waals surface area contributed by atoms with Crippen LogP contribution in [0.5, 0.6) is 0 Å². The maximum atomic E-state index is 12.1. The molecule has 2 rings (SSSR count). The van der Waals surface area contributed by atoms with Crippen LogP contribution < -0.4 is 10.6 Å². The summed E-state index contributed by atoms with van der Waals surface area (Å²) in [5, 5.41) is 13.8. The molecule has 2 amide bonds. The minimum atomic E-state index is -1.13. The fraction of sp³-hybridized carbons (Fsp3) is 0.154. The second kappa shape index (κ2) is 7.05. The maximum Gasteiger partial charge on any atom is 0.404 e. The van der Waals surface area contributed by atoms with E-state index in [4.69, 9.17) is 16.7 Å². The molecule has 2 aromatic rings. The highest BCUT2D eigenvalue weighted by Crippen LogP contribution is 2.33. The zero-order chi connectivity index (χ0) is 15.2. The fourth-order valence-electron chi connectivity index (χ4n) is 1.67. The molecule has 0 aliphatic rings. The molecule has 3 N–H and O–H groups in total. The van der Waals surface area contributed by atoms with Crippen molar-refractivity contribution in [2.24, 2.45) is 0 Å². The van der Waals surface area contributed by atoms with Gasteiger partial charge in [-0.3, -0.25) is 4.79 Å². The van der Waals surface area contributed by atoms with E-state index >= 15 is 0 Å². The van der Waals surface area contributed by atoms with Gasteiger partial charge in [-0.25, -0.2) is 9.78 Å². The highest BCUT2D eigenvalue weighted by atomic mass is 35.5. The first-order chi connectivity index (χ1) is 10.1. The summed E-state index contributed by atoms with van der Waals surface area (Å²) < 4.78 is 0. The third kappa shape index (κ3) is 3.93. The summed E-state index contributed by atoms with van der Waals surface area (Å²) in [7, 11) is 0. The number of nitrogens with one attached hydrogen (secondary N) is 2. The Morgan fingerprint density at radius 2 is 1.95 bits per heavy atom. The number of carbonyl (C=O) groups is 2. The number of hydrogen-bond acceptors (Lipinski definition) is 4. The van der Waals surface area contributed by atoms with Crippen molar-refractivity contribution in [1.29, 1.82) is 0 Å². The van der Waals surface area contributed by atoms with Crippen LogP contribution in [0.4, 0.5) is 4.79 Å². The lowest BCUT2D eigenvalue weighted by Gasteiger charge is -2.06. The molecule has 0 atom stereocenters. The van der Waals surface area contributed by atoms with E-state index in [1.54, 1.807) is 11.6 Å². The van der Waals surface area contributed by atoms with E-state index in [9.17, 15) is 9.59 Å². The number of hydrogen-bond donors (Lipinski definition) is 3. The van der Waals surface area contributed by atoms with Gasteiger partial charge in [-0.15, -0.1) is 11.3 Å². The molecule has 0 spiro atoms. The molecular weight excluding hydrogens is 314 g/mol. The van der Waals surface area contributed by atoms with Crippen LogP contribution in [-0.4, -0.2) is 35.2 Å². The van der Waals surface area contributed by atoms with Crippen LogP contribution in [0.25, 0.3) is 10.4 Å². The SMILES string of the molecule is O=C(O)NCCNC(=O)c1ncsc1-c1ccccc1Cl. The molecule has 0 fully saturated rings. The number of aromatic nitrogens is 1. The molecule has 0 unspecified atom stereocenters. The summed E-state index contributed by atoms with van der Waals surface area (Å²) in [6, 6.07) is 7.21. The number of amides is 2. The molecule has 0 bridgehead atoms. The van der Waals surface area contributed by atoms with Crippen molar-refractivity contribution >= 4 is 34.9 Å². The minimum absolute atomic E-state index is 0.132. The first-order valence-corrected chi connectivity index (χ1v) is 7.28. The molecule has 1 aromatic heterocycles. The molecule has 1 aromatic carbocycles. The third-order valence-corrected chi connectivity index (χ3v) is 3.78. The van der Waals surface area contributed by atoms with Crippen molar-refractivity contribution in [3.8, 4) is 10.4 Å². The van der Waals surface area contributed by atoms with Gasteiger partial charge >= 0.3 is 6.09 Å². The van der Waals surface area contributed by atoms with Crippen molar-refractivity contribution in [3.05, 3.63) is 40.5 Å². The van der Waals surface area contributed by atoms with Crippen LogP contribution in [0.15, 0.2) is 29.8 Å². The van der Waals surface area contributed by atoms with Gasteiger partial charge in [-0.05, 0) is 6.07 Å². The van der Waals surface area contributed by atoms with Gasteiger partial charge in [0.15, 0.2) is 0 Å². The Bertz CT molecular complexity index is 660. The summed E-state index contributed by atoms with van der Waals surface area (Å²) >= 11 is 7.45. The Morgan fingerprint density at radius 1 is 1.24 bits per heavy atom. The van der Waals surface area contributed by atoms with Crippen LogP contribution in [0.2, 0.25) is 5.02 Å². The van der Waals surface area contributed by atoms with Gasteiger partial charge in [0.1, 0.15) is 5.69 Å². The number of halogens is 1. The number of nitrogens with zero attached hydrogens (tertiary/aromatic N) is 1. The number of thiazole rings is 1. The lowest BCUT2D eigenvalue weighted by Crippen LogP contribution is -2.34. The van der Waals surface area contributed by atoms with Gasteiger partial charge in [0.2, 0.25) is 0 Å². The molecule has 0 saturated carbocycles. The predicted octanol–water partition coefficient (Wildman–Crippen LogP) is 2.46. The second-order valence-corrected chi connectivity index (χ2v) is 5.26. The zero-order valence-corrected chi connectivity index (χ0v) is 12.4. The van der Waals surface area contributed by atoms with E-state index < -0.39 is 6.09 Å². The zero-order valence-electron chi connectivity index (χ0n) is 10.8. The summed E-state index contributed by atoms with van der Waals surface area (Å²) in [6.45, 7) is 0.317. The molecular formula is C13H12ClN3O3S. The largest absolute Gasteiger partial charge is 0.465 e. The molecule has 0 aliphatic carbocycles. The Labute approximate surface area is 129 Å². The molecule has 0 aliphatic heterocycles. The van der Waals surface area contributed by atoms with Gasteiger partial charge in [-0.2, -0.15) is 0 Å².